The summed E-state index contributed by atoms with van der Waals surface area (Å²) in [4.78, 5) is 2.16. The fraction of sp³-hybridized carbons (Fsp3) is 1.00. The Morgan fingerprint density at radius 1 is 1.33 bits per heavy atom. The van der Waals surface area contributed by atoms with Crippen LogP contribution in [0.3, 0.4) is 0 Å². The van der Waals surface area contributed by atoms with E-state index in [2.05, 4.69) is 4.90 Å². The highest BCUT2D eigenvalue weighted by molar-refractivity contribution is 7.89. The van der Waals surface area contributed by atoms with Crippen molar-refractivity contribution in [3.05, 3.63) is 0 Å². The Bertz CT molecular complexity index is 284. The highest BCUT2D eigenvalue weighted by atomic mass is 35.5. The highest BCUT2D eigenvalue weighted by Gasteiger charge is 2.27. The smallest absolute Gasteiger partial charge is 0.215 e. The lowest BCUT2D eigenvalue weighted by Gasteiger charge is -2.34. The second-order valence-electron chi connectivity index (χ2n) is 4.10. The van der Waals surface area contributed by atoms with Crippen LogP contribution < -0.4 is 0 Å². The van der Waals surface area contributed by atoms with Crippen LogP contribution in [-0.4, -0.2) is 62.5 Å². The molecule has 1 heterocycles. The molecule has 1 saturated heterocycles. The van der Waals surface area contributed by atoms with Crippen LogP contribution >= 0.6 is 11.6 Å². The molecular weight excluding hydrogens is 236 g/mol. The number of piperidine rings is 1. The zero-order valence-electron chi connectivity index (χ0n) is 9.32. The zero-order valence-corrected chi connectivity index (χ0v) is 10.9. The first-order valence-corrected chi connectivity index (χ1v) is 7.32. The summed E-state index contributed by atoms with van der Waals surface area (Å²) in [5.74, 6) is 0.233. The van der Waals surface area contributed by atoms with Crippen LogP contribution in [0.25, 0.3) is 0 Å². The molecule has 0 spiro atoms. The number of hydrogen-bond donors (Lipinski definition) is 0. The molecule has 0 atom stereocenters. The normalized spacial score (nSPS) is 21.1. The molecular formula is C9H19ClN2O2S. The third-order valence-electron chi connectivity index (χ3n) is 2.88. The van der Waals surface area contributed by atoms with E-state index >= 15 is 0 Å². The van der Waals surface area contributed by atoms with Gasteiger partial charge in [-0.25, -0.2) is 12.7 Å². The summed E-state index contributed by atoms with van der Waals surface area (Å²) in [5.41, 5.74) is 0. The van der Waals surface area contributed by atoms with E-state index in [-0.39, 0.29) is 11.6 Å². The molecule has 0 saturated carbocycles. The van der Waals surface area contributed by atoms with Gasteiger partial charge in [0, 0.05) is 25.0 Å². The van der Waals surface area contributed by atoms with E-state index in [1.54, 1.807) is 4.31 Å². The van der Waals surface area contributed by atoms with Crippen LogP contribution in [0.4, 0.5) is 0 Å². The van der Waals surface area contributed by atoms with Gasteiger partial charge in [0.1, 0.15) is 0 Å². The third kappa shape index (κ3) is 3.59. The highest BCUT2D eigenvalue weighted by Crippen LogP contribution is 2.17. The standard InChI is InChI=1S/C9H19ClN2O2S/c1-11(2)9-3-6-12(7-4-9)15(13,14)8-5-10/h9H,3-8H2,1-2H3. The van der Waals surface area contributed by atoms with Crippen LogP contribution in [0, 0.1) is 0 Å². The molecule has 1 fully saturated rings. The summed E-state index contributed by atoms with van der Waals surface area (Å²) < 4.78 is 24.9. The van der Waals surface area contributed by atoms with Crippen LogP contribution in [0.1, 0.15) is 12.8 Å². The summed E-state index contributed by atoms with van der Waals surface area (Å²) in [6, 6.07) is 0.507. The number of rotatable bonds is 4. The molecule has 0 aliphatic carbocycles. The van der Waals surface area contributed by atoms with E-state index in [9.17, 15) is 8.42 Å². The predicted octanol–water partition coefficient (Wildman–Crippen LogP) is 0.581. The minimum atomic E-state index is -3.10. The van der Waals surface area contributed by atoms with Crippen LogP contribution in [0.5, 0.6) is 0 Å². The lowest BCUT2D eigenvalue weighted by atomic mass is 10.1. The van der Waals surface area contributed by atoms with Gasteiger partial charge in [0.15, 0.2) is 0 Å². The van der Waals surface area contributed by atoms with Gasteiger partial charge < -0.3 is 4.90 Å². The van der Waals surface area contributed by atoms with E-state index in [4.69, 9.17) is 11.6 Å². The molecule has 1 rings (SSSR count). The van der Waals surface area contributed by atoms with Crippen molar-refractivity contribution in [2.45, 2.75) is 18.9 Å². The molecule has 0 aromatic heterocycles. The van der Waals surface area contributed by atoms with Gasteiger partial charge >= 0.3 is 0 Å². The largest absolute Gasteiger partial charge is 0.306 e. The second kappa shape index (κ2) is 5.48. The minimum Gasteiger partial charge on any atom is -0.306 e. The van der Waals surface area contributed by atoms with Gasteiger partial charge in [-0.2, -0.15) is 0 Å². The van der Waals surface area contributed by atoms with Gasteiger partial charge in [-0.05, 0) is 26.9 Å². The first-order valence-electron chi connectivity index (χ1n) is 5.17. The molecule has 0 N–H and O–H groups in total. The maximum atomic E-state index is 11.7. The summed E-state index contributed by atoms with van der Waals surface area (Å²) in [7, 11) is 0.971. The molecule has 0 amide bonds. The van der Waals surface area contributed by atoms with Crippen molar-refractivity contribution in [3.63, 3.8) is 0 Å². The fourth-order valence-corrected chi connectivity index (χ4v) is 3.67. The molecule has 0 bridgehead atoms. The maximum Gasteiger partial charge on any atom is 0.215 e. The van der Waals surface area contributed by atoms with Crippen LogP contribution in [-0.2, 0) is 10.0 Å². The Balaban J connectivity index is 2.50. The molecule has 1 aliphatic heterocycles. The van der Waals surface area contributed by atoms with E-state index < -0.39 is 10.0 Å². The molecule has 0 radical (unpaired) electrons. The van der Waals surface area contributed by atoms with Crippen molar-refractivity contribution in [2.24, 2.45) is 0 Å². The number of hydrogen-bond acceptors (Lipinski definition) is 3. The number of nitrogens with zero attached hydrogens (tertiary/aromatic N) is 2. The fourth-order valence-electron chi connectivity index (χ4n) is 1.86. The van der Waals surface area contributed by atoms with Crippen molar-refractivity contribution in [1.29, 1.82) is 0 Å². The Hall–Kier alpha value is 0.160. The van der Waals surface area contributed by atoms with Gasteiger partial charge in [-0.1, -0.05) is 0 Å². The van der Waals surface area contributed by atoms with Gasteiger partial charge in [-0.3, -0.25) is 0 Å². The van der Waals surface area contributed by atoms with Gasteiger partial charge in [0.25, 0.3) is 0 Å². The molecule has 6 heteroatoms. The Morgan fingerprint density at radius 3 is 2.27 bits per heavy atom. The molecule has 0 aromatic rings. The van der Waals surface area contributed by atoms with Crippen molar-refractivity contribution in [2.75, 3.05) is 38.8 Å². The monoisotopic (exact) mass is 254 g/mol. The molecule has 0 aromatic carbocycles. The second-order valence-corrected chi connectivity index (χ2v) is 6.57. The molecule has 0 unspecified atom stereocenters. The number of halogens is 1. The van der Waals surface area contributed by atoms with Crippen molar-refractivity contribution >= 4 is 21.6 Å². The average molecular weight is 255 g/mol. The average Bonchev–Trinajstić information content (AvgIpc) is 2.18. The summed E-state index contributed by atoms with van der Waals surface area (Å²) in [5, 5.41) is 0. The molecule has 90 valence electrons. The summed E-state index contributed by atoms with van der Waals surface area (Å²) >= 11 is 5.47. The summed E-state index contributed by atoms with van der Waals surface area (Å²) in [6.07, 6.45) is 1.82. The van der Waals surface area contributed by atoms with Gasteiger partial charge in [-0.15, -0.1) is 11.6 Å². The number of sulfonamides is 1. The Morgan fingerprint density at radius 2 is 1.87 bits per heavy atom. The Kier molecular flexibility index (Phi) is 4.83. The van der Waals surface area contributed by atoms with E-state index in [1.165, 1.54) is 0 Å². The molecule has 1 aliphatic rings. The topological polar surface area (TPSA) is 40.6 Å². The predicted molar refractivity (Wildman–Crippen MR) is 62.8 cm³/mol. The van der Waals surface area contributed by atoms with E-state index in [0.717, 1.165) is 12.8 Å². The molecule has 4 nitrogen and oxygen atoms in total. The molecule has 15 heavy (non-hydrogen) atoms. The quantitative estimate of drug-likeness (QED) is 0.690. The van der Waals surface area contributed by atoms with Crippen molar-refractivity contribution in [1.82, 2.24) is 9.21 Å². The van der Waals surface area contributed by atoms with Crippen LogP contribution in [0.2, 0.25) is 0 Å². The van der Waals surface area contributed by atoms with Crippen LogP contribution in [0.15, 0.2) is 0 Å². The van der Waals surface area contributed by atoms with E-state index in [1.807, 2.05) is 14.1 Å². The SMILES string of the molecule is CN(C)C1CCN(S(=O)(=O)CCCl)CC1. The maximum absolute atomic E-state index is 11.7. The minimum absolute atomic E-state index is 0.0567. The van der Waals surface area contributed by atoms with Gasteiger partial charge in [0.05, 0.1) is 5.75 Å². The third-order valence-corrected chi connectivity index (χ3v) is 5.17. The van der Waals surface area contributed by atoms with Crippen molar-refractivity contribution < 1.29 is 8.42 Å². The lowest BCUT2D eigenvalue weighted by Crippen LogP contribution is -2.45. The zero-order chi connectivity index (χ0) is 11.5. The Labute approximate surface area is 97.2 Å². The van der Waals surface area contributed by atoms with Gasteiger partial charge in [0.2, 0.25) is 10.0 Å². The number of alkyl halides is 1. The first-order chi connectivity index (χ1) is 6.97. The lowest BCUT2D eigenvalue weighted by molar-refractivity contribution is 0.197. The summed E-state index contributed by atoms with van der Waals surface area (Å²) in [6.45, 7) is 1.25. The first kappa shape index (κ1) is 13.2. The van der Waals surface area contributed by atoms with E-state index in [0.29, 0.717) is 19.1 Å². The van der Waals surface area contributed by atoms with Crippen molar-refractivity contribution in [3.8, 4) is 0 Å².